The van der Waals surface area contributed by atoms with Gasteiger partial charge in [0.15, 0.2) is 5.82 Å². The second kappa shape index (κ2) is 7.85. The average molecular weight is 342 g/mol. The van der Waals surface area contributed by atoms with Crippen molar-refractivity contribution in [2.24, 2.45) is 0 Å². The van der Waals surface area contributed by atoms with Gasteiger partial charge in [0.1, 0.15) is 11.6 Å². The molecule has 7 heteroatoms. The predicted octanol–water partition coefficient (Wildman–Crippen LogP) is 2.68. The highest BCUT2D eigenvalue weighted by atomic mass is 19.1. The SMILES string of the molecule is CCN(CCO)c1ccc(-c2nc(Cc3ccc(F)cc3)no2)cn1. The first kappa shape index (κ1) is 17.0. The van der Waals surface area contributed by atoms with E-state index in [4.69, 9.17) is 9.63 Å². The molecule has 6 nitrogen and oxygen atoms in total. The highest BCUT2D eigenvalue weighted by Crippen LogP contribution is 2.20. The van der Waals surface area contributed by atoms with Crippen LogP contribution in [0, 0.1) is 5.82 Å². The van der Waals surface area contributed by atoms with E-state index < -0.39 is 0 Å². The minimum Gasteiger partial charge on any atom is -0.395 e. The Labute approximate surface area is 144 Å². The van der Waals surface area contributed by atoms with Crippen molar-refractivity contribution in [3.8, 4) is 11.5 Å². The van der Waals surface area contributed by atoms with E-state index >= 15 is 0 Å². The van der Waals surface area contributed by atoms with Gasteiger partial charge in [0.05, 0.1) is 12.2 Å². The number of nitrogens with zero attached hydrogens (tertiary/aromatic N) is 4. The van der Waals surface area contributed by atoms with Gasteiger partial charge in [-0.1, -0.05) is 17.3 Å². The van der Waals surface area contributed by atoms with Gasteiger partial charge in [0.25, 0.3) is 5.89 Å². The molecule has 1 N–H and O–H groups in total. The average Bonchev–Trinajstić information content (AvgIpc) is 3.10. The van der Waals surface area contributed by atoms with Crippen molar-refractivity contribution in [1.82, 2.24) is 15.1 Å². The monoisotopic (exact) mass is 342 g/mol. The molecule has 0 amide bonds. The molecule has 0 radical (unpaired) electrons. The van der Waals surface area contributed by atoms with Crippen LogP contribution in [0.1, 0.15) is 18.3 Å². The summed E-state index contributed by atoms with van der Waals surface area (Å²) in [5, 5.41) is 13.0. The molecule has 3 aromatic rings. The molecule has 0 fully saturated rings. The normalized spacial score (nSPS) is 10.8. The Bertz CT molecular complexity index is 803. The number of likely N-dealkylation sites (N-methyl/N-ethyl adjacent to an activating group) is 1. The van der Waals surface area contributed by atoms with Crippen LogP contribution in [0.3, 0.4) is 0 Å². The Morgan fingerprint density at radius 1 is 1.16 bits per heavy atom. The molecule has 2 aromatic heterocycles. The van der Waals surface area contributed by atoms with E-state index in [9.17, 15) is 4.39 Å². The summed E-state index contributed by atoms with van der Waals surface area (Å²) in [4.78, 5) is 10.7. The number of hydrogen-bond acceptors (Lipinski definition) is 6. The molecule has 0 aliphatic rings. The second-order valence-corrected chi connectivity index (χ2v) is 5.53. The first-order valence-corrected chi connectivity index (χ1v) is 8.09. The third kappa shape index (κ3) is 4.19. The quantitative estimate of drug-likeness (QED) is 0.711. The summed E-state index contributed by atoms with van der Waals surface area (Å²) in [5.74, 6) is 1.43. The van der Waals surface area contributed by atoms with E-state index in [0.717, 1.165) is 23.5 Å². The van der Waals surface area contributed by atoms with Crippen LogP contribution in [0.25, 0.3) is 11.5 Å². The molecule has 25 heavy (non-hydrogen) atoms. The van der Waals surface area contributed by atoms with Gasteiger partial charge in [0.2, 0.25) is 0 Å². The number of anilines is 1. The Morgan fingerprint density at radius 3 is 2.60 bits per heavy atom. The largest absolute Gasteiger partial charge is 0.395 e. The number of rotatable bonds is 7. The fourth-order valence-corrected chi connectivity index (χ4v) is 2.48. The summed E-state index contributed by atoms with van der Waals surface area (Å²) < 4.78 is 18.2. The van der Waals surface area contributed by atoms with Gasteiger partial charge in [-0.25, -0.2) is 9.37 Å². The van der Waals surface area contributed by atoms with Gasteiger partial charge in [-0.15, -0.1) is 0 Å². The molecular weight excluding hydrogens is 323 g/mol. The first-order valence-electron chi connectivity index (χ1n) is 8.09. The van der Waals surface area contributed by atoms with Crippen LogP contribution in [-0.2, 0) is 6.42 Å². The van der Waals surface area contributed by atoms with Crippen LogP contribution in [0.5, 0.6) is 0 Å². The van der Waals surface area contributed by atoms with Crippen molar-refractivity contribution in [2.75, 3.05) is 24.6 Å². The van der Waals surface area contributed by atoms with Crippen LogP contribution in [0.4, 0.5) is 10.2 Å². The number of benzene rings is 1. The molecule has 0 aliphatic heterocycles. The third-order valence-electron chi connectivity index (χ3n) is 3.81. The van der Waals surface area contributed by atoms with Crippen molar-refractivity contribution in [2.45, 2.75) is 13.3 Å². The van der Waals surface area contributed by atoms with Gasteiger partial charge < -0.3 is 14.5 Å². The minimum atomic E-state index is -0.272. The van der Waals surface area contributed by atoms with Crippen molar-refractivity contribution in [3.63, 3.8) is 0 Å². The maximum Gasteiger partial charge on any atom is 0.259 e. The smallest absolute Gasteiger partial charge is 0.259 e. The summed E-state index contributed by atoms with van der Waals surface area (Å²) in [6, 6.07) is 9.93. The van der Waals surface area contributed by atoms with Crippen molar-refractivity contribution in [1.29, 1.82) is 0 Å². The number of aliphatic hydroxyl groups excluding tert-OH is 1. The van der Waals surface area contributed by atoms with Gasteiger partial charge >= 0.3 is 0 Å². The summed E-state index contributed by atoms with van der Waals surface area (Å²) in [6.07, 6.45) is 2.14. The third-order valence-corrected chi connectivity index (χ3v) is 3.81. The Kier molecular flexibility index (Phi) is 5.35. The lowest BCUT2D eigenvalue weighted by atomic mass is 10.1. The fourth-order valence-electron chi connectivity index (χ4n) is 2.48. The van der Waals surface area contributed by atoms with Crippen molar-refractivity contribution in [3.05, 3.63) is 59.8 Å². The van der Waals surface area contributed by atoms with Crippen LogP contribution < -0.4 is 4.90 Å². The number of aromatic nitrogens is 3. The number of hydrogen-bond donors (Lipinski definition) is 1. The predicted molar refractivity (Wildman–Crippen MR) is 91.7 cm³/mol. The molecule has 0 aliphatic carbocycles. The summed E-state index contributed by atoms with van der Waals surface area (Å²) in [6.45, 7) is 3.37. The lowest BCUT2D eigenvalue weighted by Gasteiger charge is -2.20. The zero-order chi connectivity index (χ0) is 17.6. The Morgan fingerprint density at radius 2 is 1.96 bits per heavy atom. The minimum absolute atomic E-state index is 0.0771. The second-order valence-electron chi connectivity index (χ2n) is 5.53. The Hall–Kier alpha value is -2.80. The molecule has 0 atom stereocenters. The molecular formula is C18H19FN4O2. The molecule has 0 bridgehead atoms. The molecule has 130 valence electrons. The van der Waals surface area contributed by atoms with Gasteiger partial charge in [0, 0.05) is 25.7 Å². The van der Waals surface area contributed by atoms with E-state index in [2.05, 4.69) is 15.1 Å². The zero-order valence-corrected chi connectivity index (χ0v) is 13.9. The Balaban J connectivity index is 1.72. The van der Waals surface area contributed by atoms with Crippen LogP contribution in [0.2, 0.25) is 0 Å². The van der Waals surface area contributed by atoms with E-state index in [1.807, 2.05) is 24.0 Å². The molecule has 3 rings (SSSR count). The molecule has 1 aromatic carbocycles. The first-order chi connectivity index (χ1) is 12.2. The van der Waals surface area contributed by atoms with E-state index in [1.165, 1.54) is 12.1 Å². The van der Waals surface area contributed by atoms with Gasteiger partial charge in [-0.3, -0.25) is 0 Å². The van der Waals surface area contributed by atoms with Crippen LogP contribution in [-0.4, -0.2) is 39.9 Å². The fraction of sp³-hybridized carbons (Fsp3) is 0.278. The number of pyridine rings is 1. The van der Waals surface area contributed by atoms with E-state index in [1.54, 1.807) is 18.3 Å². The van der Waals surface area contributed by atoms with Gasteiger partial charge in [-0.05, 0) is 36.8 Å². The number of aliphatic hydroxyl groups is 1. The maximum absolute atomic E-state index is 12.9. The van der Waals surface area contributed by atoms with E-state index in [0.29, 0.717) is 24.7 Å². The standard InChI is InChI=1S/C18H19FN4O2/c1-2-23(9-10-24)17-8-5-14(12-20-17)18-21-16(22-25-18)11-13-3-6-15(19)7-4-13/h3-8,12,24H,2,9-11H2,1H3. The molecule has 0 unspecified atom stereocenters. The number of halogens is 1. The summed E-state index contributed by atoms with van der Waals surface area (Å²) in [7, 11) is 0. The molecule has 0 saturated heterocycles. The van der Waals surface area contributed by atoms with Crippen molar-refractivity contribution < 1.29 is 14.0 Å². The lowest BCUT2D eigenvalue weighted by Crippen LogP contribution is -2.26. The highest BCUT2D eigenvalue weighted by Gasteiger charge is 2.11. The van der Waals surface area contributed by atoms with Gasteiger partial charge in [-0.2, -0.15) is 4.98 Å². The molecule has 0 saturated carbocycles. The molecule has 0 spiro atoms. The van der Waals surface area contributed by atoms with Crippen molar-refractivity contribution >= 4 is 5.82 Å². The topological polar surface area (TPSA) is 75.3 Å². The van der Waals surface area contributed by atoms with E-state index in [-0.39, 0.29) is 12.4 Å². The highest BCUT2D eigenvalue weighted by molar-refractivity contribution is 5.54. The molecule has 2 heterocycles. The summed E-state index contributed by atoms with van der Waals surface area (Å²) >= 11 is 0. The van der Waals surface area contributed by atoms with Crippen LogP contribution in [0.15, 0.2) is 47.1 Å². The van der Waals surface area contributed by atoms with Crippen LogP contribution >= 0.6 is 0 Å². The zero-order valence-electron chi connectivity index (χ0n) is 13.9. The lowest BCUT2D eigenvalue weighted by molar-refractivity contribution is 0.302. The summed E-state index contributed by atoms with van der Waals surface area (Å²) in [5.41, 5.74) is 1.63. The maximum atomic E-state index is 12.9.